The molecule has 0 heterocycles. The highest BCUT2D eigenvalue weighted by atomic mass is 32.2. The van der Waals surface area contributed by atoms with Crippen molar-refractivity contribution in [1.29, 1.82) is 0 Å². The number of para-hydroxylation sites is 1. The van der Waals surface area contributed by atoms with E-state index in [4.69, 9.17) is 0 Å². The summed E-state index contributed by atoms with van der Waals surface area (Å²) in [6, 6.07) is 7.52. The van der Waals surface area contributed by atoms with Crippen LogP contribution in [0.1, 0.15) is 39.5 Å². The fraction of sp³-hybridized carbons (Fsp3) is 0.600. The maximum Gasteiger partial charge on any atom is 0.242 e. The van der Waals surface area contributed by atoms with Gasteiger partial charge in [-0.05, 0) is 30.9 Å². The fourth-order valence-electron chi connectivity index (χ4n) is 2.87. The van der Waals surface area contributed by atoms with Gasteiger partial charge in [-0.25, -0.2) is 13.1 Å². The van der Waals surface area contributed by atoms with E-state index in [0.29, 0.717) is 29.1 Å². The second-order valence-corrected chi connectivity index (χ2v) is 7.35. The predicted octanol–water partition coefficient (Wildman–Crippen LogP) is 2.98. The number of sulfonamides is 1. The molecule has 0 spiro atoms. The predicted molar refractivity (Wildman–Crippen MR) is 82.3 cm³/mol. The molecule has 0 aromatic heterocycles. The molecular weight excluding hydrogens is 272 g/mol. The zero-order chi connectivity index (χ0) is 14.6. The van der Waals surface area contributed by atoms with Gasteiger partial charge < -0.3 is 5.32 Å². The van der Waals surface area contributed by atoms with Crippen molar-refractivity contribution in [3.05, 3.63) is 24.3 Å². The lowest BCUT2D eigenvalue weighted by molar-refractivity contribution is 0.358. The van der Waals surface area contributed by atoms with Crippen LogP contribution in [0, 0.1) is 5.92 Å². The van der Waals surface area contributed by atoms with Crippen LogP contribution < -0.4 is 10.0 Å². The van der Waals surface area contributed by atoms with E-state index in [2.05, 4.69) is 17.0 Å². The maximum atomic E-state index is 12.2. The Balaban J connectivity index is 2.20. The molecule has 1 saturated carbocycles. The summed E-state index contributed by atoms with van der Waals surface area (Å²) in [5, 5.41) is 3.43. The third-order valence-electron chi connectivity index (χ3n) is 3.81. The molecule has 112 valence electrons. The Hall–Kier alpha value is -1.07. The zero-order valence-electron chi connectivity index (χ0n) is 12.2. The van der Waals surface area contributed by atoms with Crippen LogP contribution in [0.25, 0.3) is 0 Å². The first-order valence-electron chi connectivity index (χ1n) is 7.38. The SMILES string of the molecule is CCNS(=O)(=O)c1ccccc1NC1CCCC(C)C1. The van der Waals surface area contributed by atoms with Gasteiger partial charge in [-0.3, -0.25) is 0 Å². The van der Waals surface area contributed by atoms with Crippen LogP contribution in [0.15, 0.2) is 29.2 Å². The Labute approximate surface area is 122 Å². The number of rotatable bonds is 5. The highest BCUT2D eigenvalue weighted by molar-refractivity contribution is 7.89. The number of nitrogens with one attached hydrogen (secondary N) is 2. The minimum absolute atomic E-state index is 0.347. The average molecular weight is 296 g/mol. The lowest BCUT2D eigenvalue weighted by Gasteiger charge is -2.29. The van der Waals surface area contributed by atoms with Gasteiger partial charge >= 0.3 is 0 Å². The lowest BCUT2D eigenvalue weighted by Crippen LogP contribution is -2.29. The maximum absolute atomic E-state index is 12.2. The summed E-state index contributed by atoms with van der Waals surface area (Å²) in [6.45, 7) is 4.45. The monoisotopic (exact) mass is 296 g/mol. The number of anilines is 1. The smallest absolute Gasteiger partial charge is 0.242 e. The summed E-state index contributed by atoms with van der Waals surface area (Å²) >= 11 is 0. The minimum atomic E-state index is -3.42. The number of benzene rings is 1. The van der Waals surface area contributed by atoms with Crippen molar-refractivity contribution in [2.24, 2.45) is 5.92 Å². The van der Waals surface area contributed by atoms with Gasteiger partial charge in [0.05, 0.1) is 5.69 Å². The van der Waals surface area contributed by atoms with E-state index in [0.717, 1.165) is 12.8 Å². The van der Waals surface area contributed by atoms with Gasteiger partial charge in [0.2, 0.25) is 10.0 Å². The molecule has 5 heteroatoms. The summed E-state index contributed by atoms with van der Waals surface area (Å²) < 4.78 is 27.0. The molecule has 1 aliphatic rings. The Bertz CT molecular complexity index is 543. The van der Waals surface area contributed by atoms with Crippen LogP contribution in [0.3, 0.4) is 0 Å². The molecule has 2 N–H and O–H groups in total. The van der Waals surface area contributed by atoms with Gasteiger partial charge in [-0.1, -0.05) is 38.8 Å². The third kappa shape index (κ3) is 3.73. The molecule has 1 aromatic rings. The second-order valence-electron chi connectivity index (χ2n) is 5.61. The van der Waals surface area contributed by atoms with Crippen molar-refractivity contribution in [3.8, 4) is 0 Å². The molecule has 0 saturated heterocycles. The van der Waals surface area contributed by atoms with Gasteiger partial charge in [0.25, 0.3) is 0 Å². The largest absolute Gasteiger partial charge is 0.381 e. The van der Waals surface area contributed by atoms with Crippen LogP contribution in [-0.2, 0) is 10.0 Å². The average Bonchev–Trinajstić information content (AvgIpc) is 2.39. The molecule has 1 fully saturated rings. The van der Waals surface area contributed by atoms with Crippen LogP contribution in [0.4, 0.5) is 5.69 Å². The molecule has 4 nitrogen and oxygen atoms in total. The van der Waals surface area contributed by atoms with E-state index in [-0.39, 0.29) is 0 Å². The normalized spacial score (nSPS) is 23.5. The van der Waals surface area contributed by atoms with Gasteiger partial charge in [0.1, 0.15) is 4.90 Å². The Morgan fingerprint density at radius 1 is 1.25 bits per heavy atom. The Morgan fingerprint density at radius 2 is 2.00 bits per heavy atom. The van der Waals surface area contributed by atoms with Gasteiger partial charge in [0.15, 0.2) is 0 Å². The van der Waals surface area contributed by atoms with Gasteiger partial charge in [-0.2, -0.15) is 0 Å². The van der Waals surface area contributed by atoms with Crippen molar-refractivity contribution < 1.29 is 8.42 Å². The van der Waals surface area contributed by atoms with E-state index >= 15 is 0 Å². The molecule has 2 unspecified atom stereocenters. The zero-order valence-corrected chi connectivity index (χ0v) is 13.0. The fourth-order valence-corrected chi connectivity index (χ4v) is 4.08. The topological polar surface area (TPSA) is 58.2 Å². The molecular formula is C15H24N2O2S. The first kappa shape index (κ1) is 15.3. The number of hydrogen-bond acceptors (Lipinski definition) is 3. The van der Waals surface area contributed by atoms with E-state index in [1.165, 1.54) is 12.8 Å². The van der Waals surface area contributed by atoms with E-state index in [1.54, 1.807) is 19.1 Å². The first-order valence-corrected chi connectivity index (χ1v) is 8.86. The third-order valence-corrected chi connectivity index (χ3v) is 5.41. The molecule has 20 heavy (non-hydrogen) atoms. The highest BCUT2D eigenvalue weighted by Gasteiger charge is 2.22. The van der Waals surface area contributed by atoms with Crippen molar-refractivity contribution in [2.45, 2.75) is 50.5 Å². The van der Waals surface area contributed by atoms with Crippen LogP contribution in [-0.4, -0.2) is 21.0 Å². The second kappa shape index (κ2) is 6.59. The molecule has 2 rings (SSSR count). The quantitative estimate of drug-likeness (QED) is 0.878. The Morgan fingerprint density at radius 3 is 2.70 bits per heavy atom. The van der Waals surface area contributed by atoms with Crippen molar-refractivity contribution in [2.75, 3.05) is 11.9 Å². The summed E-state index contributed by atoms with van der Waals surface area (Å²) in [4.78, 5) is 0.347. The highest BCUT2D eigenvalue weighted by Crippen LogP contribution is 2.28. The summed E-state index contributed by atoms with van der Waals surface area (Å²) in [6.07, 6.45) is 4.70. The van der Waals surface area contributed by atoms with Crippen LogP contribution in [0.5, 0.6) is 0 Å². The molecule has 0 radical (unpaired) electrons. The summed E-state index contributed by atoms with van der Waals surface area (Å²) in [7, 11) is -3.42. The molecule has 0 aliphatic heterocycles. The van der Waals surface area contributed by atoms with Crippen molar-refractivity contribution in [1.82, 2.24) is 4.72 Å². The van der Waals surface area contributed by atoms with E-state index < -0.39 is 10.0 Å². The minimum Gasteiger partial charge on any atom is -0.381 e. The van der Waals surface area contributed by atoms with Crippen LogP contribution >= 0.6 is 0 Å². The van der Waals surface area contributed by atoms with E-state index in [9.17, 15) is 8.42 Å². The van der Waals surface area contributed by atoms with Gasteiger partial charge in [-0.15, -0.1) is 0 Å². The van der Waals surface area contributed by atoms with Crippen molar-refractivity contribution >= 4 is 15.7 Å². The standard InChI is InChI=1S/C15H24N2O2S/c1-3-16-20(18,19)15-10-5-4-9-14(15)17-13-8-6-7-12(2)11-13/h4-5,9-10,12-13,16-17H,3,6-8,11H2,1-2H3. The molecule has 2 atom stereocenters. The lowest BCUT2D eigenvalue weighted by atomic mass is 9.87. The summed E-state index contributed by atoms with van der Waals surface area (Å²) in [5.41, 5.74) is 0.715. The molecule has 1 aliphatic carbocycles. The summed E-state index contributed by atoms with van der Waals surface area (Å²) in [5.74, 6) is 0.707. The first-order chi connectivity index (χ1) is 9.53. The molecule has 0 amide bonds. The van der Waals surface area contributed by atoms with Crippen molar-refractivity contribution in [3.63, 3.8) is 0 Å². The van der Waals surface area contributed by atoms with Gasteiger partial charge in [0, 0.05) is 12.6 Å². The van der Waals surface area contributed by atoms with E-state index in [1.807, 2.05) is 12.1 Å². The number of hydrogen-bond donors (Lipinski definition) is 2. The molecule has 1 aromatic carbocycles. The molecule has 0 bridgehead atoms. The van der Waals surface area contributed by atoms with Crippen LogP contribution in [0.2, 0.25) is 0 Å². The Kier molecular flexibility index (Phi) is 5.05.